The van der Waals surface area contributed by atoms with Crippen molar-refractivity contribution >= 4 is 35.1 Å². The number of ether oxygens (including phenoxy) is 2. The van der Waals surface area contributed by atoms with Crippen molar-refractivity contribution in [3.8, 4) is 5.75 Å². The summed E-state index contributed by atoms with van der Waals surface area (Å²) in [4.78, 5) is 50.7. The Morgan fingerprint density at radius 3 is 2.09 bits per heavy atom. The number of rotatable bonds is 6. The number of benzene rings is 3. The number of halogens is 3. The number of nitrogens with one attached hydrogen (secondary N) is 1. The van der Waals surface area contributed by atoms with Crippen molar-refractivity contribution in [2.24, 2.45) is 0 Å². The molecular weight excluding hydrogens is 469 g/mol. The fourth-order valence-electron chi connectivity index (χ4n) is 3.35. The monoisotopic (exact) mass is 484 g/mol. The number of fused-ring (bicyclic) bond motifs is 1. The molecule has 3 aromatic rings. The van der Waals surface area contributed by atoms with Crippen LogP contribution in [0.5, 0.6) is 5.75 Å². The highest BCUT2D eigenvalue weighted by atomic mass is 19.4. The van der Waals surface area contributed by atoms with Gasteiger partial charge in [0, 0.05) is 5.69 Å². The number of hydrogen-bond acceptors (Lipinski definition) is 6. The van der Waals surface area contributed by atoms with E-state index in [4.69, 9.17) is 4.74 Å². The lowest BCUT2D eigenvalue weighted by atomic mass is 10.1. The molecule has 8 nitrogen and oxygen atoms in total. The maximum absolute atomic E-state index is 12.6. The summed E-state index contributed by atoms with van der Waals surface area (Å²) in [5.74, 6) is -3.13. The standard InChI is InChI=1S/C24H15F3N2O6/c25-24(26,27)35-17-10-8-15(9-11-17)28-20(30)13-34-23(33)14-4-3-5-16(12-14)29-21(31)18-6-1-2-7-19(18)22(29)32/h1-12H,13H2,(H,28,30). The van der Waals surface area contributed by atoms with Gasteiger partial charge in [-0.05, 0) is 54.6 Å². The van der Waals surface area contributed by atoms with E-state index in [9.17, 15) is 32.3 Å². The molecule has 1 aliphatic heterocycles. The predicted molar refractivity (Wildman–Crippen MR) is 116 cm³/mol. The van der Waals surface area contributed by atoms with E-state index in [0.717, 1.165) is 17.0 Å². The van der Waals surface area contributed by atoms with Crippen molar-refractivity contribution in [3.63, 3.8) is 0 Å². The molecule has 0 saturated carbocycles. The third-order valence-electron chi connectivity index (χ3n) is 4.84. The van der Waals surface area contributed by atoms with Gasteiger partial charge in [0.1, 0.15) is 5.75 Å². The van der Waals surface area contributed by atoms with Crippen LogP contribution in [0.2, 0.25) is 0 Å². The van der Waals surface area contributed by atoms with E-state index >= 15 is 0 Å². The number of carbonyl (C=O) groups is 4. The number of esters is 1. The van der Waals surface area contributed by atoms with Gasteiger partial charge in [-0.15, -0.1) is 13.2 Å². The lowest BCUT2D eigenvalue weighted by Crippen LogP contribution is -2.29. The van der Waals surface area contributed by atoms with Gasteiger partial charge in [0.2, 0.25) is 0 Å². The Morgan fingerprint density at radius 2 is 1.49 bits per heavy atom. The number of anilines is 2. The van der Waals surface area contributed by atoms with Gasteiger partial charge in [-0.1, -0.05) is 18.2 Å². The third kappa shape index (κ3) is 5.29. The van der Waals surface area contributed by atoms with Crippen LogP contribution in [0.3, 0.4) is 0 Å². The third-order valence-corrected chi connectivity index (χ3v) is 4.84. The second kappa shape index (κ2) is 9.29. The Kier molecular flexibility index (Phi) is 6.24. The first-order chi connectivity index (χ1) is 16.6. The van der Waals surface area contributed by atoms with Crippen molar-refractivity contribution in [2.75, 3.05) is 16.8 Å². The molecule has 0 spiro atoms. The van der Waals surface area contributed by atoms with Gasteiger partial charge in [-0.25, -0.2) is 9.69 Å². The summed E-state index contributed by atoms with van der Waals surface area (Å²) in [5, 5.41) is 2.37. The molecule has 0 bridgehead atoms. The average molecular weight is 484 g/mol. The highest BCUT2D eigenvalue weighted by Crippen LogP contribution is 2.29. The minimum absolute atomic E-state index is 0.000471. The van der Waals surface area contributed by atoms with E-state index in [2.05, 4.69) is 10.1 Å². The van der Waals surface area contributed by atoms with Gasteiger partial charge in [-0.2, -0.15) is 0 Å². The number of hydrogen-bond donors (Lipinski definition) is 1. The van der Waals surface area contributed by atoms with Crippen molar-refractivity contribution in [1.29, 1.82) is 0 Å². The number of nitrogens with zero attached hydrogens (tertiary/aromatic N) is 1. The highest BCUT2D eigenvalue weighted by Gasteiger charge is 2.36. The van der Waals surface area contributed by atoms with Crippen LogP contribution in [0.1, 0.15) is 31.1 Å². The van der Waals surface area contributed by atoms with Crippen LogP contribution in [-0.4, -0.2) is 36.7 Å². The first-order valence-corrected chi connectivity index (χ1v) is 10.0. The molecule has 1 N–H and O–H groups in total. The van der Waals surface area contributed by atoms with Crippen LogP contribution in [0, 0.1) is 0 Å². The van der Waals surface area contributed by atoms with Crippen molar-refractivity contribution in [1.82, 2.24) is 0 Å². The molecule has 3 aromatic carbocycles. The molecule has 35 heavy (non-hydrogen) atoms. The van der Waals surface area contributed by atoms with Crippen LogP contribution >= 0.6 is 0 Å². The largest absolute Gasteiger partial charge is 0.573 e. The molecule has 0 aromatic heterocycles. The van der Waals surface area contributed by atoms with E-state index in [1.807, 2.05) is 0 Å². The maximum atomic E-state index is 12.6. The minimum atomic E-state index is -4.84. The lowest BCUT2D eigenvalue weighted by molar-refractivity contribution is -0.274. The van der Waals surface area contributed by atoms with Crippen LogP contribution in [-0.2, 0) is 9.53 Å². The molecule has 11 heteroatoms. The molecule has 0 radical (unpaired) electrons. The molecule has 4 rings (SSSR count). The fourth-order valence-corrected chi connectivity index (χ4v) is 3.35. The van der Waals surface area contributed by atoms with E-state index < -0.39 is 42.4 Å². The average Bonchev–Trinajstić information content (AvgIpc) is 3.08. The first-order valence-electron chi connectivity index (χ1n) is 10.0. The second-order valence-corrected chi connectivity index (χ2v) is 7.24. The summed E-state index contributed by atoms with van der Waals surface area (Å²) >= 11 is 0. The van der Waals surface area contributed by atoms with E-state index in [1.54, 1.807) is 12.1 Å². The number of amides is 3. The Balaban J connectivity index is 1.36. The summed E-state index contributed by atoms with van der Waals surface area (Å²) in [6, 6.07) is 16.4. The van der Waals surface area contributed by atoms with E-state index in [-0.39, 0.29) is 28.1 Å². The Hall–Kier alpha value is -4.67. The Bertz CT molecular complexity index is 1290. The summed E-state index contributed by atoms with van der Waals surface area (Å²) < 4.78 is 45.3. The number of alkyl halides is 3. The molecule has 0 saturated heterocycles. The van der Waals surface area contributed by atoms with Crippen molar-refractivity contribution in [3.05, 3.63) is 89.5 Å². The lowest BCUT2D eigenvalue weighted by Gasteiger charge is -2.15. The summed E-state index contributed by atoms with van der Waals surface area (Å²) in [5.41, 5.74) is 0.824. The highest BCUT2D eigenvalue weighted by molar-refractivity contribution is 6.34. The van der Waals surface area contributed by atoms with Crippen LogP contribution in [0.15, 0.2) is 72.8 Å². The molecular formula is C24H15F3N2O6. The zero-order chi connectivity index (χ0) is 25.2. The number of imide groups is 1. The van der Waals surface area contributed by atoms with Gasteiger partial charge >= 0.3 is 12.3 Å². The quantitative estimate of drug-likeness (QED) is 0.416. The SMILES string of the molecule is O=C(COC(=O)c1cccc(N2C(=O)c3ccccc3C2=O)c1)Nc1ccc(OC(F)(F)F)cc1. The molecule has 1 aliphatic rings. The zero-order valence-electron chi connectivity index (χ0n) is 17.7. The van der Waals surface area contributed by atoms with E-state index in [1.165, 1.54) is 48.5 Å². The van der Waals surface area contributed by atoms with Gasteiger partial charge in [0.05, 0.1) is 22.4 Å². The van der Waals surface area contributed by atoms with Crippen LogP contribution < -0.4 is 15.0 Å². The molecule has 0 atom stereocenters. The predicted octanol–water partition coefficient (Wildman–Crippen LogP) is 4.18. The van der Waals surface area contributed by atoms with Gasteiger partial charge < -0.3 is 14.8 Å². The summed E-state index contributed by atoms with van der Waals surface area (Å²) in [6.45, 7) is -0.684. The first kappa shape index (κ1) is 23.5. The topological polar surface area (TPSA) is 102 Å². The fraction of sp³-hybridized carbons (Fsp3) is 0.0833. The number of carbonyl (C=O) groups excluding carboxylic acids is 4. The molecule has 0 fully saturated rings. The zero-order valence-corrected chi connectivity index (χ0v) is 17.7. The maximum Gasteiger partial charge on any atom is 0.573 e. The molecule has 3 amide bonds. The van der Waals surface area contributed by atoms with Crippen LogP contribution in [0.4, 0.5) is 24.5 Å². The van der Waals surface area contributed by atoms with Crippen LogP contribution in [0.25, 0.3) is 0 Å². The molecule has 1 heterocycles. The Morgan fingerprint density at radius 1 is 0.857 bits per heavy atom. The molecule has 178 valence electrons. The van der Waals surface area contributed by atoms with Crippen molar-refractivity contribution < 1.29 is 41.8 Å². The Labute approximate surface area is 195 Å². The second-order valence-electron chi connectivity index (χ2n) is 7.24. The minimum Gasteiger partial charge on any atom is -0.452 e. The van der Waals surface area contributed by atoms with Gasteiger partial charge in [0.25, 0.3) is 17.7 Å². The molecule has 0 aliphatic carbocycles. The summed E-state index contributed by atoms with van der Waals surface area (Å²) in [6.07, 6.45) is -4.84. The van der Waals surface area contributed by atoms with Gasteiger partial charge in [0.15, 0.2) is 6.61 Å². The molecule has 0 unspecified atom stereocenters. The summed E-state index contributed by atoms with van der Waals surface area (Å²) in [7, 11) is 0. The van der Waals surface area contributed by atoms with E-state index in [0.29, 0.717) is 0 Å². The smallest absolute Gasteiger partial charge is 0.452 e. The van der Waals surface area contributed by atoms with Gasteiger partial charge in [-0.3, -0.25) is 14.4 Å². The normalized spacial score (nSPS) is 12.8. The van der Waals surface area contributed by atoms with Crippen molar-refractivity contribution in [2.45, 2.75) is 6.36 Å².